The van der Waals surface area contributed by atoms with Crippen LogP contribution in [0.1, 0.15) is 60.0 Å². The van der Waals surface area contributed by atoms with Crippen LogP contribution < -0.4 is 14.4 Å². The molecule has 0 aliphatic heterocycles. The number of carboxylic acid groups (broad SMARTS) is 1. The molecule has 280 valence electrons. The van der Waals surface area contributed by atoms with E-state index in [0.29, 0.717) is 12.1 Å². The SMILES string of the molecule is CCC(c1cc(C(F)(F)F)ccc1-c1nc(SC)ncc1OC)N(Cc1cc(C(F)(F)F)cc(C(F)(F)F)c1)c1ncc(OCCCC(=O)O)cn1. The maximum absolute atomic E-state index is 14.2. The topological polar surface area (TPSA) is 111 Å². The minimum absolute atomic E-state index is 0.0340. The van der Waals surface area contributed by atoms with E-state index in [9.17, 15) is 44.3 Å². The third-order valence-electron chi connectivity index (χ3n) is 7.57. The Morgan fingerprint density at radius 1 is 0.885 bits per heavy atom. The summed E-state index contributed by atoms with van der Waals surface area (Å²) < 4.78 is 136. The molecule has 9 nitrogen and oxygen atoms in total. The monoisotopic (exact) mass is 763 g/mol. The highest BCUT2D eigenvalue weighted by Gasteiger charge is 2.38. The molecule has 0 radical (unpaired) electrons. The van der Waals surface area contributed by atoms with Gasteiger partial charge < -0.3 is 19.5 Å². The molecule has 0 saturated carbocycles. The van der Waals surface area contributed by atoms with Crippen molar-refractivity contribution >= 4 is 23.7 Å². The van der Waals surface area contributed by atoms with E-state index < -0.39 is 59.3 Å². The molecule has 0 spiro atoms. The Bertz CT molecular complexity index is 1820. The second-order valence-corrected chi connectivity index (χ2v) is 11.9. The molecule has 19 heteroatoms. The number of nitrogens with zero attached hydrogens (tertiary/aromatic N) is 5. The van der Waals surface area contributed by atoms with Gasteiger partial charge in [0.05, 0.1) is 55.0 Å². The van der Waals surface area contributed by atoms with E-state index in [1.54, 1.807) is 13.2 Å². The summed E-state index contributed by atoms with van der Waals surface area (Å²) in [4.78, 5) is 29.0. The molecule has 1 atom stereocenters. The Kier molecular flexibility index (Phi) is 12.5. The first-order valence-electron chi connectivity index (χ1n) is 15.2. The summed E-state index contributed by atoms with van der Waals surface area (Å²) in [5, 5.41) is 9.08. The highest BCUT2D eigenvalue weighted by atomic mass is 32.2. The lowest BCUT2D eigenvalue weighted by atomic mass is 9.92. The zero-order chi connectivity index (χ0) is 38.4. The molecule has 0 bridgehead atoms. The van der Waals surface area contributed by atoms with Crippen molar-refractivity contribution in [3.63, 3.8) is 0 Å². The molecule has 4 rings (SSSR count). The van der Waals surface area contributed by atoms with Crippen LogP contribution in [0.3, 0.4) is 0 Å². The molecule has 2 aromatic carbocycles. The first-order valence-corrected chi connectivity index (χ1v) is 16.5. The summed E-state index contributed by atoms with van der Waals surface area (Å²) in [5.74, 6) is -1.21. The number of halogens is 9. The number of carbonyl (C=O) groups is 1. The highest BCUT2D eigenvalue weighted by Crippen LogP contribution is 2.43. The number of aliphatic carboxylic acids is 1. The number of anilines is 1. The molecule has 1 unspecified atom stereocenters. The quantitative estimate of drug-likeness (QED) is 0.0578. The number of thioether (sulfide) groups is 1. The molecule has 0 saturated heterocycles. The van der Waals surface area contributed by atoms with Crippen molar-refractivity contribution in [2.75, 3.05) is 24.9 Å². The smallest absolute Gasteiger partial charge is 0.416 e. The second kappa shape index (κ2) is 16.2. The van der Waals surface area contributed by atoms with Crippen molar-refractivity contribution in [1.29, 1.82) is 0 Å². The molecule has 4 aromatic rings. The van der Waals surface area contributed by atoms with E-state index in [0.717, 1.165) is 42.4 Å². The lowest BCUT2D eigenvalue weighted by Crippen LogP contribution is -2.31. The van der Waals surface area contributed by atoms with Crippen LogP contribution in [0.15, 0.2) is 60.1 Å². The van der Waals surface area contributed by atoms with E-state index in [4.69, 9.17) is 14.6 Å². The average molecular weight is 764 g/mol. The normalized spacial score (nSPS) is 12.8. The van der Waals surface area contributed by atoms with Crippen molar-refractivity contribution in [3.05, 3.63) is 82.8 Å². The Morgan fingerprint density at radius 3 is 2.02 bits per heavy atom. The summed E-state index contributed by atoms with van der Waals surface area (Å²) in [6, 6.07) is 2.55. The van der Waals surface area contributed by atoms with Gasteiger partial charge in [-0.15, -0.1) is 0 Å². The van der Waals surface area contributed by atoms with Crippen molar-refractivity contribution in [3.8, 4) is 22.8 Å². The van der Waals surface area contributed by atoms with Gasteiger partial charge in [0.2, 0.25) is 5.95 Å². The molecule has 0 aliphatic carbocycles. The number of benzene rings is 2. The molecule has 0 fully saturated rings. The molecule has 0 amide bonds. The van der Waals surface area contributed by atoms with Gasteiger partial charge in [0, 0.05) is 18.5 Å². The van der Waals surface area contributed by atoms with Crippen LogP contribution >= 0.6 is 11.8 Å². The zero-order valence-electron chi connectivity index (χ0n) is 27.5. The minimum atomic E-state index is -5.17. The number of rotatable bonds is 14. The average Bonchev–Trinajstić information content (AvgIpc) is 3.08. The molecule has 2 heterocycles. The van der Waals surface area contributed by atoms with Gasteiger partial charge in [-0.25, -0.2) is 19.9 Å². The Hall–Kier alpha value is -4.81. The first kappa shape index (κ1) is 40.0. The third kappa shape index (κ3) is 9.95. The van der Waals surface area contributed by atoms with Gasteiger partial charge in [-0.3, -0.25) is 4.79 Å². The van der Waals surface area contributed by atoms with Gasteiger partial charge in [-0.2, -0.15) is 39.5 Å². The van der Waals surface area contributed by atoms with Crippen LogP contribution in [0.2, 0.25) is 0 Å². The lowest BCUT2D eigenvalue weighted by Gasteiger charge is -2.34. The summed E-state index contributed by atoms with van der Waals surface area (Å²) in [6.07, 6.45) is -10.1. The van der Waals surface area contributed by atoms with E-state index >= 15 is 0 Å². The van der Waals surface area contributed by atoms with E-state index in [-0.39, 0.29) is 71.4 Å². The van der Waals surface area contributed by atoms with Crippen molar-refractivity contribution < 1.29 is 58.9 Å². The number of aromatic nitrogens is 4. The van der Waals surface area contributed by atoms with Gasteiger partial charge in [0.1, 0.15) is 5.69 Å². The fraction of sp³-hybridized carbons (Fsp3) is 0.364. The van der Waals surface area contributed by atoms with Crippen molar-refractivity contribution in [2.45, 2.75) is 62.5 Å². The van der Waals surface area contributed by atoms with Gasteiger partial charge in [0.15, 0.2) is 16.7 Å². The fourth-order valence-electron chi connectivity index (χ4n) is 5.21. The van der Waals surface area contributed by atoms with E-state index in [2.05, 4.69) is 19.9 Å². The van der Waals surface area contributed by atoms with Crippen LogP contribution in [0.4, 0.5) is 45.5 Å². The number of ether oxygens (including phenoxy) is 2. The largest absolute Gasteiger partial charge is 0.493 e. The highest BCUT2D eigenvalue weighted by molar-refractivity contribution is 7.98. The first-order chi connectivity index (χ1) is 24.3. The van der Waals surface area contributed by atoms with Crippen molar-refractivity contribution in [2.24, 2.45) is 0 Å². The molecular formula is C33H30F9N5O4S. The van der Waals surface area contributed by atoms with Gasteiger partial charge in [0.25, 0.3) is 0 Å². The molecule has 2 aromatic heterocycles. The maximum atomic E-state index is 14.2. The fourth-order valence-corrected chi connectivity index (χ4v) is 5.55. The molecule has 52 heavy (non-hydrogen) atoms. The predicted octanol–water partition coefficient (Wildman–Crippen LogP) is 9.12. The Labute approximate surface area is 295 Å². The predicted molar refractivity (Wildman–Crippen MR) is 171 cm³/mol. The van der Waals surface area contributed by atoms with Gasteiger partial charge >= 0.3 is 24.5 Å². The van der Waals surface area contributed by atoms with Crippen LogP contribution in [-0.2, 0) is 29.9 Å². The minimum Gasteiger partial charge on any atom is -0.493 e. The number of methoxy groups -OCH3 is 1. The Balaban J connectivity index is 1.95. The Morgan fingerprint density at radius 2 is 1.50 bits per heavy atom. The summed E-state index contributed by atoms with van der Waals surface area (Å²) in [5.41, 5.74) is -4.64. The van der Waals surface area contributed by atoms with Crippen LogP contribution in [-0.4, -0.2) is 51.0 Å². The summed E-state index contributed by atoms with van der Waals surface area (Å²) in [6.45, 7) is 0.781. The van der Waals surface area contributed by atoms with Crippen LogP contribution in [0, 0.1) is 0 Å². The van der Waals surface area contributed by atoms with Crippen LogP contribution in [0.25, 0.3) is 11.3 Å². The number of carboxylic acids is 1. The summed E-state index contributed by atoms with van der Waals surface area (Å²) in [7, 11) is 1.29. The molecule has 0 aliphatic rings. The van der Waals surface area contributed by atoms with Gasteiger partial charge in [-0.05, 0) is 60.6 Å². The van der Waals surface area contributed by atoms with Crippen molar-refractivity contribution in [1.82, 2.24) is 19.9 Å². The van der Waals surface area contributed by atoms with Crippen LogP contribution in [0.5, 0.6) is 11.5 Å². The maximum Gasteiger partial charge on any atom is 0.416 e. The van der Waals surface area contributed by atoms with E-state index in [1.165, 1.54) is 18.2 Å². The number of hydrogen-bond acceptors (Lipinski definition) is 9. The van der Waals surface area contributed by atoms with E-state index in [1.807, 2.05) is 0 Å². The number of hydrogen-bond donors (Lipinski definition) is 1. The summed E-state index contributed by atoms with van der Waals surface area (Å²) >= 11 is 1.13. The zero-order valence-corrected chi connectivity index (χ0v) is 28.3. The molecular weight excluding hydrogens is 733 g/mol. The van der Waals surface area contributed by atoms with Gasteiger partial charge in [-0.1, -0.05) is 24.8 Å². The lowest BCUT2D eigenvalue weighted by molar-refractivity contribution is -0.143. The standard InChI is InChI=1S/C33H30F9N5O4S/c1-4-25(24-13-19(31(34,35)36)7-8-23(24)28-26(50-2)16-45-30(46-28)52-3)47(29-43-14-22(15-44-29)51-9-5-6-27(48)49)17-18-10-20(32(37,38)39)12-21(11-18)33(40,41)42/h7-8,10-16,25H,4-6,9,17H2,1-3H3,(H,48,49). The number of alkyl halides is 9. The third-order valence-corrected chi connectivity index (χ3v) is 8.13. The molecule has 1 N–H and O–H groups in total. The second-order valence-electron chi connectivity index (χ2n) is 11.1.